The van der Waals surface area contributed by atoms with Crippen LogP contribution in [0.5, 0.6) is 0 Å². The normalized spacial score (nSPS) is 22.9. The van der Waals surface area contributed by atoms with Crippen LogP contribution in [0.1, 0.15) is 21.7 Å². The third kappa shape index (κ3) is 2.83. The Morgan fingerprint density at radius 3 is 2.88 bits per heavy atom. The summed E-state index contributed by atoms with van der Waals surface area (Å²) in [6.07, 6.45) is 0.0246. The molecule has 2 saturated heterocycles. The lowest BCUT2D eigenvalue weighted by atomic mass is 10.1. The largest absolute Gasteiger partial charge is 0.373 e. The van der Waals surface area contributed by atoms with Crippen molar-refractivity contribution in [2.75, 3.05) is 26.2 Å². The van der Waals surface area contributed by atoms with Crippen LogP contribution in [0.4, 0.5) is 4.39 Å². The molecule has 0 saturated carbocycles. The van der Waals surface area contributed by atoms with Gasteiger partial charge in [0, 0.05) is 30.9 Å². The van der Waals surface area contributed by atoms with Crippen molar-refractivity contribution in [1.82, 2.24) is 20.0 Å². The van der Waals surface area contributed by atoms with Gasteiger partial charge in [0.15, 0.2) is 0 Å². The fourth-order valence-electron chi connectivity index (χ4n) is 3.69. The summed E-state index contributed by atoms with van der Waals surface area (Å²) < 4.78 is 21.9. The molecule has 1 aromatic carbocycles. The first-order valence-electron chi connectivity index (χ1n) is 8.51. The molecule has 2 aromatic rings. The van der Waals surface area contributed by atoms with Crippen molar-refractivity contribution in [2.45, 2.75) is 26.0 Å². The zero-order valence-corrected chi connectivity index (χ0v) is 14.3. The topological polar surface area (TPSA) is 59.4 Å². The molecule has 4 rings (SSSR count). The standard InChI is InChI=1S/C18H21FN4O2/c1-11-7-12(2)23(21-11)15-4-3-13(8-14(15)19)18(24)22-5-6-25-17-10-20-9-16(17)22/h3-4,7-8,16-17,20H,5-6,9-10H2,1-2H3/t16-,17+/m1/s1. The maximum Gasteiger partial charge on any atom is 0.254 e. The number of benzene rings is 1. The molecule has 25 heavy (non-hydrogen) atoms. The molecule has 2 aliphatic rings. The summed E-state index contributed by atoms with van der Waals surface area (Å²) in [5, 5.41) is 7.55. The summed E-state index contributed by atoms with van der Waals surface area (Å²) in [6, 6.07) is 6.50. The van der Waals surface area contributed by atoms with E-state index in [9.17, 15) is 9.18 Å². The average Bonchev–Trinajstić information content (AvgIpc) is 3.19. The Morgan fingerprint density at radius 2 is 2.16 bits per heavy atom. The summed E-state index contributed by atoms with van der Waals surface area (Å²) >= 11 is 0. The van der Waals surface area contributed by atoms with Gasteiger partial charge >= 0.3 is 0 Å². The summed E-state index contributed by atoms with van der Waals surface area (Å²) in [5.74, 6) is -0.604. The number of hydrogen-bond acceptors (Lipinski definition) is 4. The Balaban J connectivity index is 1.62. The first-order valence-corrected chi connectivity index (χ1v) is 8.51. The fraction of sp³-hybridized carbons (Fsp3) is 0.444. The van der Waals surface area contributed by atoms with Crippen LogP contribution in [-0.2, 0) is 4.74 Å². The number of ether oxygens (including phenoxy) is 1. The Hall–Kier alpha value is -2.25. The van der Waals surface area contributed by atoms with Crippen molar-refractivity contribution < 1.29 is 13.9 Å². The van der Waals surface area contributed by atoms with Gasteiger partial charge in [-0.15, -0.1) is 0 Å². The molecule has 1 N–H and O–H groups in total. The number of hydrogen-bond donors (Lipinski definition) is 1. The molecule has 0 aliphatic carbocycles. The second-order valence-corrected chi connectivity index (χ2v) is 6.64. The number of carbonyl (C=O) groups is 1. The number of halogens is 1. The lowest BCUT2D eigenvalue weighted by Crippen LogP contribution is -2.53. The Labute approximate surface area is 145 Å². The highest BCUT2D eigenvalue weighted by Crippen LogP contribution is 2.22. The van der Waals surface area contributed by atoms with Crippen LogP contribution in [-0.4, -0.2) is 59.0 Å². The van der Waals surface area contributed by atoms with E-state index in [0.29, 0.717) is 30.9 Å². The molecule has 0 radical (unpaired) electrons. The summed E-state index contributed by atoms with van der Waals surface area (Å²) in [5.41, 5.74) is 2.38. The number of nitrogens with zero attached hydrogens (tertiary/aromatic N) is 3. The number of aromatic nitrogens is 2. The highest BCUT2D eigenvalue weighted by molar-refractivity contribution is 5.94. The van der Waals surface area contributed by atoms with E-state index in [1.165, 1.54) is 6.07 Å². The van der Waals surface area contributed by atoms with Gasteiger partial charge in [0.05, 0.1) is 24.4 Å². The third-order valence-corrected chi connectivity index (χ3v) is 4.89. The monoisotopic (exact) mass is 344 g/mol. The minimum Gasteiger partial charge on any atom is -0.373 e. The maximum absolute atomic E-state index is 14.7. The van der Waals surface area contributed by atoms with Gasteiger partial charge in [0.2, 0.25) is 0 Å². The summed E-state index contributed by atoms with van der Waals surface area (Å²) in [6.45, 7) is 6.25. The van der Waals surface area contributed by atoms with E-state index in [0.717, 1.165) is 17.9 Å². The summed E-state index contributed by atoms with van der Waals surface area (Å²) in [7, 11) is 0. The zero-order chi connectivity index (χ0) is 17.6. The minimum atomic E-state index is -0.452. The van der Waals surface area contributed by atoms with E-state index in [-0.39, 0.29) is 18.1 Å². The van der Waals surface area contributed by atoms with Gasteiger partial charge < -0.3 is 15.0 Å². The number of amides is 1. The van der Waals surface area contributed by atoms with Gasteiger partial charge in [-0.3, -0.25) is 4.79 Å². The van der Waals surface area contributed by atoms with Crippen LogP contribution in [0.3, 0.4) is 0 Å². The molecule has 7 heteroatoms. The number of fused-ring (bicyclic) bond motifs is 1. The molecular weight excluding hydrogens is 323 g/mol. The third-order valence-electron chi connectivity index (χ3n) is 4.89. The summed E-state index contributed by atoms with van der Waals surface area (Å²) in [4.78, 5) is 14.7. The Bertz CT molecular complexity index is 819. The second kappa shape index (κ2) is 6.24. The maximum atomic E-state index is 14.7. The molecule has 0 unspecified atom stereocenters. The zero-order valence-electron chi connectivity index (χ0n) is 14.3. The van der Waals surface area contributed by atoms with Gasteiger partial charge in [0.25, 0.3) is 5.91 Å². The van der Waals surface area contributed by atoms with E-state index in [1.807, 2.05) is 19.9 Å². The molecule has 132 valence electrons. The van der Waals surface area contributed by atoms with E-state index in [2.05, 4.69) is 10.4 Å². The first-order chi connectivity index (χ1) is 12.0. The van der Waals surface area contributed by atoms with Crippen LogP contribution in [0.25, 0.3) is 5.69 Å². The predicted molar refractivity (Wildman–Crippen MR) is 90.4 cm³/mol. The van der Waals surface area contributed by atoms with Crippen LogP contribution < -0.4 is 5.32 Å². The van der Waals surface area contributed by atoms with Crippen molar-refractivity contribution in [3.8, 4) is 5.69 Å². The van der Waals surface area contributed by atoms with Gasteiger partial charge in [-0.1, -0.05) is 0 Å². The van der Waals surface area contributed by atoms with Crippen molar-refractivity contribution in [1.29, 1.82) is 0 Å². The van der Waals surface area contributed by atoms with E-state index in [4.69, 9.17) is 4.74 Å². The number of morpholine rings is 1. The van der Waals surface area contributed by atoms with E-state index in [1.54, 1.807) is 21.7 Å². The number of rotatable bonds is 2. The number of carbonyl (C=O) groups excluding carboxylic acids is 1. The molecule has 1 amide bonds. The van der Waals surface area contributed by atoms with Gasteiger partial charge in [-0.05, 0) is 38.1 Å². The average molecular weight is 344 g/mol. The van der Waals surface area contributed by atoms with E-state index < -0.39 is 5.82 Å². The van der Waals surface area contributed by atoms with Crippen molar-refractivity contribution in [2.24, 2.45) is 0 Å². The van der Waals surface area contributed by atoms with Gasteiger partial charge in [0.1, 0.15) is 11.5 Å². The highest BCUT2D eigenvalue weighted by Gasteiger charge is 2.38. The molecular formula is C18H21FN4O2. The van der Waals surface area contributed by atoms with E-state index >= 15 is 0 Å². The number of nitrogens with one attached hydrogen (secondary N) is 1. The number of aryl methyl sites for hydroxylation is 2. The molecule has 3 heterocycles. The smallest absolute Gasteiger partial charge is 0.254 e. The van der Waals surface area contributed by atoms with Crippen LogP contribution in [0, 0.1) is 19.7 Å². The Kier molecular flexibility index (Phi) is 4.05. The van der Waals surface area contributed by atoms with Crippen molar-refractivity contribution >= 4 is 5.91 Å². The fourth-order valence-corrected chi connectivity index (χ4v) is 3.69. The van der Waals surface area contributed by atoms with Gasteiger partial charge in [-0.2, -0.15) is 5.10 Å². The molecule has 2 atom stereocenters. The SMILES string of the molecule is Cc1cc(C)n(-c2ccc(C(=O)N3CCO[C@H]4CNC[C@H]43)cc2F)n1. The molecule has 2 aliphatic heterocycles. The van der Waals surface area contributed by atoms with Crippen LogP contribution >= 0.6 is 0 Å². The molecule has 1 aromatic heterocycles. The molecule has 2 fully saturated rings. The lowest BCUT2D eigenvalue weighted by molar-refractivity contribution is -0.0364. The second-order valence-electron chi connectivity index (χ2n) is 6.64. The quantitative estimate of drug-likeness (QED) is 0.896. The Morgan fingerprint density at radius 1 is 1.32 bits per heavy atom. The molecule has 0 spiro atoms. The van der Waals surface area contributed by atoms with Crippen molar-refractivity contribution in [3.63, 3.8) is 0 Å². The molecule has 0 bridgehead atoms. The minimum absolute atomic E-state index is 0.0139. The lowest BCUT2D eigenvalue weighted by Gasteiger charge is -2.37. The first kappa shape index (κ1) is 16.2. The predicted octanol–water partition coefficient (Wildman–Crippen LogP) is 1.44. The highest BCUT2D eigenvalue weighted by atomic mass is 19.1. The van der Waals surface area contributed by atoms with Gasteiger partial charge in [-0.25, -0.2) is 9.07 Å². The van der Waals surface area contributed by atoms with Crippen LogP contribution in [0.15, 0.2) is 24.3 Å². The van der Waals surface area contributed by atoms with Crippen LogP contribution in [0.2, 0.25) is 0 Å². The molecule has 6 nitrogen and oxygen atoms in total. The van der Waals surface area contributed by atoms with Crippen molar-refractivity contribution in [3.05, 3.63) is 47.0 Å².